The third-order valence-corrected chi connectivity index (χ3v) is 4.46. The second-order valence-corrected chi connectivity index (χ2v) is 6.64. The van der Waals surface area contributed by atoms with E-state index < -0.39 is 0 Å². The van der Waals surface area contributed by atoms with E-state index in [9.17, 15) is 4.79 Å². The molecule has 0 aliphatic heterocycles. The molecular formula is C21H20ClN3O. The van der Waals surface area contributed by atoms with Crippen LogP contribution in [-0.4, -0.2) is 16.7 Å². The fraction of sp³-hybridized carbons (Fsp3) is 0.143. The van der Waals surface area contributed by atoms with Crippen LogP contribution in [0, 0.1) is 20.8 Å². The standard InChI is InChI=1S/C21H20ClN3O/c1-14-5-4-6-17(11-14)21(26)24-23-13-18-12-15(2)25(16(18)3)20-9-7-19(22)8-10-20/h4-13H,1-3H3,(H,24,26)/b23-13-. The maximum absolute atomic E-state index is 12.2. The zero-order chi connectivity index (χ0) is 18.7. The van der Waals surface area contributed by atoms with Crippen molar-refractivity contribution < 1.29 is 4.79 Å². The number of carbonyl (C=O) groups excluding carboxylic acids is 1. The minimum absolute atomic E-state index is 0.226. The molecule has 5 heteroatoms. The molecule has 132 valence electrons. The van der Waals surface area contributed by atoms with Crippen LogP contribution in [0.3, 0.4) is 0 Å². The van der Waals surface area contributed by atoms with Gasteiger partial charge in [-0.3, -0.25) is 4.79 Å². The van der Waals surface area contributed by atoms with E-state index in [0.717, 1.165) is 28.2 Å². The van der Waals surface area contributed by atoms with Gasteiger partial charge in [-0.05, 0) is 63.2 Å². The van der Waals surface area contributed by atoms with Crippen molar-refractivity contribution in [2.24, 2.45) is 5.10 Å². The van der Waals surface area contributed by atoms with Crippen molar-refractivity contribution in [3.05, 3.63) is 87.7 Å². The summed E-state index contributed by atoms with van der Waals surface area (Å²) in [6.07, 6.45) is 1.67. The Morgan fingerprint density at radius 1 is 1.08 bits per heavy atom. The predicted octanol–water partition coefficient (Wildman–Crippen LogP) is 4.82. The third kappa shape index (κ3) is 3.86. The first-order chi connectivity index (χ1) is 12.5. The Balaban J connectivity index is 1.78. The van der Waals surface area contributed by atoms with E-state index in [1.165, 1.54) is 0 Å². The molecule has 0 bridgehead atoms. The number of rotatable bonds is 4. The van der Waals surface area contributed by atoms with Gasteiger partial charge in [-0.25, -0.2) is 5.43 Å². The second-order valence-electron chi connectivity index (χ2n) is 6.21. The fourth-order valence-corrected chi connectivity index (χ4v) is 3.04. The van der Waals surface area contributed by atoms with Crippen LogP contribution in [-0.2, 0) is 0 Å². The number of carbonyl (C=O) groups is 1. The van der Waals surface area contributed by atoms with Crippen molar-refractivity contribution in [3.63, 3.8) is 0 Å². The largest absolute Gasteiger partial charge is 0.318 e. The lowest BCUT2D eigenvalue weighted by atomic mass is 10.1. The van der Waals surface area contributed by atoms with Crippen LogP contribution in [0.5, 0.6) is 0 Å². The number of amides is 1. The van der Waals surface area contributed by atoms with E-state index in [1.54, 1.807) is 12.3 Å². The maximum Gasteiger partial charge on any atom is 0.271 e. The van der Waals surface area contributed by atoms with Gasteiger partial charge < -0.3 is 4.57 Å². The Hall–Kier alpha value is -2.85. The van der Waals surface area contributed by atoms with Crippen molar-refractivity contribution >= 4 is 23.7 Å². The number of aromatic nitrogens is 1. The molecule has 0 radical (unpaired) electrons. The van der Waals surface area contributed by atoms with Gasteiger partial charge in [0.15, 0.2) is 0 Å². The number of benzene rings is 2. The molecule has 0 aliphatic rings. The lowest BCUT2D eigenvalue weighted by Gasteiger charge is -2.09. The smallest absolute Gasteiger partial charge is 0.271 e. The van der Waals surface area contributed by atoms with Crippen LogP contribution in [0.25, 0.3) is 5.69 Å². The number of halogens is 1. The Morgan fingerprint density at radius 2 is 1.81 bits per heavy atom. The summed E-state index contributed by atoms with van der Waals surface area (Å²) in [5.41, 5.74) is 8.31. The Bertz CT molecular complexity index is 971. The minimum Gasteiger partial charge on any atom is -0.318 e. The molecule has 0 saturated carbocycles. The highest BCUT2D eigenvalue weighted by Gasteiger charge is 2.10. The van der Waals surface area contributed by atoms with Crippen LogP contribution < -0.4 is 5.43 Å². The van der Waals surface area contributed by atoms with Crippen LogP contribution >= 0.6 is 11.6 Å². The topological polar surface area (TPSA) is 46.4 Å². The van der Waals surface area contributed by atoms with Gasteiger partial charge in [0.1, 0.15) is 0 Å². The molecular weight excluding hydrogens is 346 g/mol. The lowest BCUT2D eigenvalue weighted by Crippen LogP contribution is -2.17. The number of hydrazone groups is 1. The number of nitrogens with one attached hydrogen (secondary N) is 1. The van der Waals surface area contributed by atoms with Crippen LogP contribution in [0.4, 0.5) is 0 Å². The van der Waals surface area contributed by atoms with Crippen molar-refractivity contribution in [2.75, 3.05) is 0 Å². The van der Waals surface area contributed by atoms with Gasteiger partial charge in [0.25, 0.3) is 5.91 Å². The maximum atomic E-state index is 12.2. The van der Waals surface area contributed by atoms with Crippen molar-refractivity contribution in [1.82, 2.24) is 9.99 Å². The normalized spacial score (nSPS) is 11.1. The average molecular weight is 366 g/mol. The summed E-state index contributed by atoms with van der Waals surface area (Å²) in [7, 11) is 0. The van der Waals surface area contributed by atoms with Crippen molar-refractivity contribution in [3.8, 4) is 5.69 Å². The first-order valence-corrected chi connectivity index (χ1v) is 8.68. The molecule has 1 aromatic heterocycles. The van der Waals surface area contributed by atoms with E-state index in [1.807, 2.05) is 69.3 Å². The number of hydrogen-bond donors (Lipinski definition) is 1. The minimum atomic E-state index is -0.226. The number of hydrogen-bond acceptors (Lipinski definition) is 2. The van der Waals surface area contributed by atoms with Gasteiger partial charge in [0.05, 0.1) is 6.21 Å². The predicted molar refractivity (Wildman–Crippen MR) is 106 cm³/mol. The molecule has 0 unspecified atom stereocenters. The SMILES string of the molecule is Cc1cccc(C(=O)N/N=C\c2cc(C)n(-c3ccc(Cl)cc3)c2C)c1. The average Bonchev–Trinajstić information content (AvgIpc) is 2.89. The summed E-state index contributed by atoms with van der Waals surface area (Å²) in [6.45, 7) is 6.00. The lowest BCUT2D eigenvalue weighted by molar-refractivity contribution is 0.0955. The molecule has 0 saturated heterocycles. The summed E-state index contributed by atoms with van der Waals surface area (Å²) < 4.78 is 2.13. The van der Waals surface area contributed by atoms with Gasteiger partial charge in [-0.1, -0.05) is 29.3 Å². The van der Waals surface area contributed by atoms with Crippen molar-refractivity contribution in [1.29, 1.82) is 0 Å². The van der Waals surface area contributed by atoms with Gasteiger partial charge in [0, 0.05) is 33.2 Å². The molecule has 1 heterocycles. The highest BCUT2D eigenvalue weighted by Crippen LogP contribution is 2.21. The van der Waals surface area contributed by atoms with Crippen LogP contribution in [0.2, 0.25) is 5.02 Å². The molecule has 0 spiro atoms. The first-order valence-electron chi connectivity index (χ1n) is 8.30. The quantitative estimate of drug-likeness (QED) is 0.523. The molecule has 2 aromatic carbocycles. The molecule has 0 aliphatic carbocycles. The van der Waals surface area contributed by atoms with E-state index in [4.69, 9.17) is 11.6 Å². The van der Waals surface area contributed by atoms with Gasteiger partial charge >= 0.3 is 0 Å². The molecule has 4 nitrogen and oxygen atoms in total. The van der Waals surface area contributed by atoms with E-state index in [2.05, 4.69) is 15.1 Å². The number of nitrogens with zero attached hydrogens (tertiary/aromatic N) is 2. The molecule has 26 heavy (non-hydrogen) atoms. The zero-order valence-corrected chi connectivity index (χ0v) is 15.7. The van der Waals surface area contributed by atoms with Crippen molar-refractivity contribution in [2.45, 2.75) is 20.8 Å². The summed E-state index contributed by atoms with van der Waals surface area (Å²) in [5, 5.41) is 4.82. The summed E-state index contributed by atoms with van der Waals surface area (Å²) in [4.78, 5) is 12.2. The second kappa shape index (κ2) is 7.58. The summed E-state index contributed by atoms with van der Waals surface area (Å²) >= 11 is 5.97. The van der Waals surface area contributed by atoms with E-state index >= 15 is 0 Å². The highest BCUT2D eigenvalue weighted by molar-refractivity contribution is 6.30. The summed E-state index contributed by atoms with van der Waals surface area (Å²) in [6, 6.07) is 17.1. The molecule has 0 atom stereocenters. The third-order valence-electron chi connectivity index (χ3n) is 4.21. The van der Waals surface area contributed by atoms with Crippen LogP contribution in [0.1, 0.15) is 32.9 Å². The van der Waals surface area contributed by atoms with Gasteiger partial charge in [-0.2, -0.15) is 5.10 Å². The number of aryl methyl sites for hydroxylation is 2. The fourth-order valence-electron chi connectivity index (χ4n) is 2.92. The Labute approximate surface area is 158 Å². The summed E-state index contributed by atoms with van der Waals surface area (Å²) in [5.74, 6) is -0.226. The van der Waals surface area contributed by atoms with Gasteiger partial charge in [-0.15, -0.1) is 0 Å². The molecule has 0 fully saturated rings. The van der Waals surface area contributed by atoms with Gasteiger partial charge in [0.2, 0.25) is 0 Å². The zero-order valence-electron chi connectivity index (χ0n) is 15.0. The van der Waals surface area contributed by atoms with Crippen LogP contribution in [0.15, 0.2) is 59.7 Å². The highest BCUT2D eigenvalue weighted by atomic mass is 35.5. The Morgan fingerprint density at radius 3 is 2.50 bits per heavy atom. The first kappa shape index (κ1) is 18.0. The van der Waals surface area contributed by atoms with E-state index in [0.29, 0.717) is 10.6 Å². The molecule has 3 rings (SSSR count). The van der Waals surface area contributed by atoms with E-state index in [-0.39, 0.29) is 5.91 Å². The molecule has 3 aromatic rings. The molecule has 1 amide bonds. The monoisotopic (exact) mass is 365 g/mol. The molecule has 1 N–H and O–H groups in total. The Kier molecular flexibility index (Phi) is 5.24.